The van der Waals surface area contributed by atoms with Crippen molar-refractivity contribution in [1.29, 1.82) is 0 Å². The number of nitrogens with one attached hydrogen (secondary N) is 1. The summed E-state index contributed by atoms with van der Waals surface area (Å²) >= 11 is 0. The number of benzene rings is 1. The normalized spacial score (nSPS) is 11.0. The molecule has 1 aromatic carbocycles. The van der Waals surface area contributed by atoms with E-state index in [1.807, 2.05) is 24.5 Å². The molecule has 0 aliphatic heterocycles. The summed E-state index contributed by atoms with van der Waals surface area (Å²) in [4.78, 5) is 11.4. The Morgan fingerprint density at radius 1 is 0.667 bits per heavy atom. The van der Waals surface area contributed by atoms with Crippen LogP contribution in [0.15, 0.2) is 79.1 Å². The number of aromatic nitrogens is 2. The first-order valence-electron chi connectivity index (χ1n) is 9.67. The lowest BCUT2D eigenvalue weighted by molar-refractivity contribution is 0.277. The highest BCUT2D eigenvalue weighted by molar-refractivity contribution is 5.14. The van der Waals surface area contributed by atoms with Gasteiger partial charge in [0.05, 0.1) is 0 Å². The molecule has 0 radical (unpaired) electrons. The molecule has 0 saturated heterocycles. The van der Waals surface area contributed by atoms with Gasteiger partial charge in [-0.1, -0.05) is 42.5 Å². The van der Waals surface area contributed by atoms with Crippen molar-refractivity contribution in [2.24, 2.45) is 0 Å². The van der Waals surface area contributed by atoms with Gasteiger partial charge in [0.1, 0.15) is 0 Å². The van der Waals surface area contributed by atoms with Gasteiger partial charge in [-0.15, -0.1) is 0 Å². The van der Waals surface area contributed by atoms with Gasteiger partial charge in [-0.3, -0.25) is 9.97 Å². The first-order valence-corrected chi connectivity index (χ1v) is 9.67. The zero-order valence-electron chi connectivity index (χ0n) is 15.8. The highest BCUT2D eigenvalue weighted by atomic mass is 15.1. The first-order chi connectivity index (χ1) is 13.4. The van der Waals surface area contributed by atoms with Crippen LogP contribution in [-0.4, -0.2) is 41.0 Å². The van der Waals surface area contributed by atoms with Gasteiger partial charge < -0.3 is 10.2 Å². The number of pyridine rings is 2. The summed E-state index contributed by atoms with van der Waals surface area (Å²) in [6.07, 6.45) is 5.69. The van der Waals surface area contributed by atoms with Crippen molar-refractivity contribution in [3.05, 3.63) is 96.1 Å². The molecule has 140 valence electrons. The average Bonchev–Trinajstić information content (AvgIpc) is 2.75. The molecule has 4 heteroatoms. The molecule has 0 aliphatic rings. The SMILES string of the molecule is c1ccc(CNCCN(CCc2ccccn2)CCc2ccccn2)cc1. The van der Waals surface area contributed by atoms with Gasteiger partial charge in [0.25, 0.3) is 0 Å². The fourth-order valence-electron chi connectivity index (χ4n) is 3.04. The predicted octanol–water partition coefficient (Wildman–Crippen LogP) is 3.35. The third kappa shape index (κ3) is 7.29. The van der Waals surface area contributed by atoms with Crippen LogP contribution in [0.25, 0.3) is 0 Å². The van der Waals surface area contributed by atoms with Crippen molar-refractivity contribution in [3.8, 4) is 0 Å². The van der Waals surface area contributed by atoms with Crippen molar-refractivity contribution < 1.29 is 0 Å². The molecule has 27 heavy (non-hydrogen) atoms. The number of rotatable bonds is 11. The zero-order valence-corrected chi connectivity index (χ0v) is 15.8. The van der Waals surface area contributed by atoms with Gasteiger partial charge in [0.15, 0.2) is 0 Å². The van der Waals surface area contributed by atoms with E-state index in [9.17, 15) is 0 Å². The van der Waals surface area contributed by atoms with Gasteiger partial charge in [-0.05, 0) is 29.8 Å². The van der Waals surface area contributed by atoms with Crippen LogP contribution in [0, 0.1) is 0 Å². The molecule has 1 N–H and O–H groups in total. The minimum Gasteiger partial charge on any atom is -0.311 e. The molecule has 0 bridgehead atoms. The van der Waals surface area contributed by atoms with Gasteiger partial charge >= 0.3 is 0 Å². The molecule has 2 heterocycles. The van der Waals surface area contributed by atoms with Crippen LogP contribution in [-0.2, 0) is 19.4 Å². The van der Waals surface area contributed by atoms with Crippen LogP contribution in [0.1, 0.15) is 17.0 Å². The minimum absolute atomic E-state index is 0.912. The lowest BCUT2D eigenvalue weighted by Crippen LogP contribution is -2.35. The second kappa shape index (κ2) is 11.2. The summed E-state index contributed by atoms with van der Waals surface area (Å²) < 4.78 is 0. The Morgan fingerprint density at radius 2 is 1.26 bits per heavy atom. The Labute approximate surface area is 162 Å². The van der Waals surface area contributed by atoms with Crippen LogP contribution in [0.5, 0.6) is 0 Å². The third-order valence-corrected chi connectivity index (χ3v) is 4.60. The monoisotopic (exact) mass is 360 g/mol. The molecular weight excluding hydrogens is 332 g/mol. The highest BCUT2D eigenvalue weighted by Crippen LogP contribution is 2.02. The van der Waals surface area contributed by atoms with E-state index >= 15 is 0 Å². The lowest BCUT2D eigenvalue weighted by atomic mass is 10.2. The topological polar surface area (TPSA) is 41.0 Å². The van der Waals surface area contributed by atoms with Gasteiger partial charge in [-0.25, -0.2) is 0 Å². The molecule has 2 aromatic heterocycles. The molecule has 0 amide bonds. The number of hydrogen-bond acceptors (Lipinski definition) is 4. The van der Waals surface area contributed by atoms with Crippen molar-refractivity contribution in [1.82, 2.24) is 20.2 Å². The predicted molar refractivity (Wildman–Crippen MR) is 110 cm³/mol. The highest BCUT2D eigenvalue weighted by Gasteiger charge is 2.07. The fourth-order valence-corrected chi connectivity index (χ4v) is 3.04. The van der Waals surface area contributed by atoms with Crippen molar-refractivity contribution in [2.45, 2.75) is 19.4 Å². The van der Waals surface area contributed by atoms with E-state index < -0.39 is 0 Å². The maximum Gasteiger partial charge on any atom is 0.0416 e. The second-order valence-electron chi connectivity index (χ2n) is 6.65. The maximum absolute atomic E-state index is 4.45. The summed E-state index contributed by atoms with van der Waals surface area (Å²) in [5.41, 5.74) is 3.63. The van der Waals surface area contributed by atoms with E-state index in [4.69, 9.17) is 0 Å². The Kier molecular flexibility index (Phi) is 7.98. The van der Waals surface area contributed by atoms with Crippen molar-refractivity contribution in [3.63, 3.8) is 0 Å². The summed E-state index contributed by atoms with van der Waals surface area (Å²) in [7, 11) is 0. The zero-order chi connectivity index (χ0) is 18.6. The van der Waals surface area contributed by atoms with E-state index in [0.29, 0.717) is 0 Å². The Balaban J connectivity index is 1.47. The molecule has 0 spiro atoms. The first kappa shape index (κ1) is 19.2. The van der Waals surface area contributed by atoms with E-state index in [1.165, 1.54) is 5.56 Å². The molecule has 0 unspecified atom stereocenters. The molecule has 0 fully saturated rings. The van der Waals surface area contributed by atoms with E-state index in [-0.39, 0.29) is 0 Å². The Hall–Kier alpha value is -2.56. The number of nitrogens with zero attached hydrogens (tertiary/aromatic N) is 3. The van der Waals surface area contributed by atoms with Crippen LogP contribution in [0.4, 0.5) is 0 Å². The van der Waals surface area contributed by atoms with Crippen molar-refractivity contribution >= 4 is 0 Å². The minimum atomic E-state index is 0.912. The molecule has 0 aliphatic carbocycles. The van der Waals surface area contributed by atoms with Gasteiger partial charge in [0.2, 0.25) is 0 Å². The molecule has 3 aromatic rings. The second-order valence-corrected chi connectivity index (χ2v) is 6.65. The maximum atomic E-state index is 4.45. The quantitative estimate of drug-likeness (QED) is 0.533. The summed E-state index contributed by atoms with van der Waals surface area (Å²) in [6.45, 7) is 4.93. The Morgan fingerprint density at radius 3 is 1.81 bits per heavy atom. The molecule has 0 saturated carbocycles. The van der Waals surface area contributed by atoms with Crippen LogP contribution in [0.3, 0.4) is 0 Å². The molecular formula is C23H28N4. The van der Waals surface area contributed by atoms with E-state index in [0.717, 1.165) is 57.0 Å². The average molecular weight is 361 g/mol. The van der Waals surface area contributed by atoms with E-state index in [1.54, 1.807) is 0 Å². The van der Waals surface area contributed by atoms with Crippen LogP contribution >= 0.6 is 0 Å². The van der Waals surface area contributed by atoms with E-state index in [2.05, 4.69) is 74.8 Å². The van der Waals surface area contributed by atoms with Gasteiger partial charge in [0, 0.05) is 69.3 Å². The van der Waals surface area contributed by atoms with Crippen LogP contribution < -0.4 is 5.32 Å². The summed E-state index contributed by atoms with van der Waals surface area (Å²) in [5, 5.41) is 3.56. The summed E-state index contributed by atoms with van der Waals surface area (Å²) in [6, 6.07) is 22.8. The molecule has 3 rings (SSSR count). The standard InChI is InChI=1S/C23H28N4/c1-2-8-21(9-3-1)20-24-16-19-27(17-12-22-10-4-6-14-25-22)18-13-23-11-5-7-15-26-23/h1-11,14-15,24H,12-13,16-20H2. The molecule has 4 nitrogen and oxygen atoms in total. The van der Waals surface area contributed by atoms with Gasteiger partial charge in [-0.2, -0.15) is 0 Å². The Bertz CT molecular complexity index is 704. The lowest BCUT2D eigenvalue weighted by Gasteiger charge is -2.22. The fraction of sp³-hybridized carbons (Fsp3) is 0.304. The van der Waals surface area contributed by atoms with Crippen LogP contribution in [0.2, 0.25) is 0 Å². The smallest absolute Gasteiger partial charge is 0.0416 e. The van der Waals surface area contributed by atoms with Crippen molar-refractivity contribution in [2.75, 3.05) is 26.2 Å². The molecule has 0 atom stereocenters. The third-order valence-electron chi connectivity index (χ3n) is 4.60. The summed E-state index contributed by atoms with van der Waals surface area (Å²) in [5.74, 6) is 0. The number of hydrogen-bond donors (Lipinski definition) is 1. The largest absolute Gasteiger partial charge is 0.311 e.